The molecule has 0 spiro atoms. The highest BCUT2D eigenvalue weighted by Gasteiger charge is 2.24. The standard InChI is InChI=1S/C21H27N5O4S/c1-5-15(2)26-20-11-10-18(12-19(20)23-24-26)31(28,29)25(3)14-21(27)22-13-16-6-8-17(30-4)9-7-16/h6-12,15H,5,13-14H2,1-4H3,(H,22,27)/t15-/m0/s1. The predicted octanol–water partition coefficient (Wildman–Crippen LogP) is 2.35. The first-order valence-electron chi connectivity index (χ1n) is 9.97. The Hall–Kier alpha value is -2.98. The fourth-order valence-corrected chi connectivity index (χ4v) is 4.20. The van der Waals surface area contributed by atoms with Gasteiger partial charge in [-0.1, -0.05) is 24.3 Å². The average Bonchev–Trinajstić information content (AvgIpc) is 3.20. The van der Waals surface area contributed by atoms with Crippen molar-refractivity contribution in [3.05, 3.63) is 48.0 Å². The fourth-order valence-electron chi connectivity index (χ4n) is 3.05. The van der Waals surface area contributed by atoms with Gasteiger partial charge in [-0.3, -0.25) is 4.79 Å². The Bertz CT molecular complexity index is 1160. The van der Waals surface area contributed by atoms with Gasteiger partial charge in [-0.05, 0) is 49.2 Å². The minimum absolute atomic E-state index is 0.0710. The summed E-state index contributed by atoms with van der Waals surface area (Å²) in [6, 6.07) is 12.1. The maximum Gasteiger partial charge on any atom is 0.243 e. The summed E-state index contributed by atoms with van der Waals surface area (Å²) in [6.07, 6.45) is 0.882. The van der Waals surface area contributed by atoms with Crippen LogP contribution in [-0.4, -0.2) is 54.3 Å². The molecule has 1 aromatic heterocycles. The molecule has 0 aliphatic carbocycles. The number of benzene rings is 2. The summed E-state index contributed by atoms with van der Waals surface area (Å²) in [6.45, 7) is 4.07. The van der Waals surface area contributed by atoms with Crippen molar-refractivity contribution in [1.82, 2.24) is 24.6 Å². The molecule has 0 saturated carbocycles. The Balaban J connectivity index is 1.67. The quantitative estimate of drug-likeness (QED) is 0.542. The van der Waals surface area contributed by atoms with Gasteiger partial charge in [0.05, 0.1) is 30.1 Å². The summed E-state index contributed by atoms with van der Waals surface area (Å²) in [7, 11) is -0.896. The molecule has 0 radical (unpaired) electrons. The van der Waals surface area contributed by atoms with Crippen molar-refractivity contribution < 1.29 is 17.9 Å². The van der Waals surface area contributed by atoms with Gasteiger partial charge in [0.15, 0.2) is 0 Å². The van der Waals surface area contributed by atoms with Crippen LogP contribution in [-0.2, 0) is 21.4 Å². The van der Waals surface area contributed by atoms with Crippen LogP contribution in [0.15, 0.2) is 47.4 Å². The second-order valence-corrected chi connectivity index (χ2v) is 9.37. The number of carbonyl (C=O) groups is 1. The van der Waals surface area contributed by atoms with Gasteiger partial charge < -0.3 is 10.1 Å². The summed E-state index contributed by atoms with van der Waals surface area (Å²) >= 11 is 0. The topological polar surface area (TPSA) is 106 Å². The highest BCUT2D eigenvalue weighted by molar-refractivity contribution is 7.89. The first-order chi connectivity index (χ1) is 14.8. The Kier molecular flexibility index (Phi) is 6.91. The zero-order chi connectivity index (χ0) is 22.6. The third-order valence-electron chi connectivity index (χ3n) is 5.17. The molecule has 0 bridgehead atoms. The van der Waals surface area contributed by atoms with E-state index in [0.717, 1.165) is 27.6 Å². The van der Waals surface area contributed by atoms with Gasteiger partial charge in [0, 0.05) is 13.6 Å². The molecule has 166 valence electrons. The largest absolute Gasteiger partial charge is 0.497 e. The Morgan fingerprint density at radius 3 is 2.58 bits per heavy atom. The SMILES string of the molecule is CC[C@H](C)n1nnc2cc(S(=O)(=O)N(C)CC(=O)NCc3ccc(OC)cc3)ccc21. The van der Waals surface area contributed by atoms with Crippen LogP contribution in [0.5, 0.6) is 5.75 Å². The normalized spacial score (nSPS) is 12.8. The number of carbonyl (C=O) groups excluding carboxylic acids is 1. The van der Waals surface area contributed by atoms with Crippen LogP contribution < -0.4 is 10.1 Å². The van der Waals surface area contributed by atoms with Crippen LogP contribution in [0.2, 0.25) is 0 Å². The van der Waals surface area contributed by atoms with Crippen molar-refractivity contribution in [2.45, 2.75) is 37.8 Å². The second-order valence-electron chi connectivity index (χ2n) is 7.33. The molecule has 2 aromatic carbocycles. The highest BCUT2D eigenvalue weighted by Crippen LogP contribution is 2.22. The van der Waals surface area contributed by atoms with Crippen molar-refractivity contribution in [1.29, 1.82) is 0 Å². The number of likely N-dealkylation sites (N-methyl/N-ethyl adjacent to an activating group) is 1. The van der Waals surface area contributed by atoms with E-state index >= 15 is 0 Å². The maximum atomic E-state index is 12.9. The van der Waals surface area contributed by atoms with Gasteiger partial charge in [0.1, 0.15) is 11.3 Å². The molecule has 1 atom stereocenters. The van der Waals surface area contributed by atoms with Gasteiger partial charge in [-0.2, -0.15) is 4.31 Å². The third kappa shape index (κ3) is 5.02. The van der Waals surface area contributed by atoms with Crippen molar-refractivity contribution >= 4 is 27.0 Å². The zero-order valence-corrected chi connectivity index (χ0v) is 18.9. The lowest BCUT2D eigenvalue weighted by molar-refractivity contribution is -0.121. The summed E-state index contributed by atoms with van der Waals surface area (Å²) in [4.78, 5) is 12.4. The van der Waals surface area contributed by atoms with E-state index in [4.69, 9.17) is 4.74 Å². The molecular weight excluding hydrogens is 418 g/mol. The second kappa shape index (κ2) is 9.44. The minimum Gasteiger partial charge on any atom is -0.497 e. The maximum absolute atomic E-state index is 12.9. The molecule has 1 N–H and O–H groups in total. The predicted molar refractivity (Wildman–Crippen MR) is 117 cm³/mol. The summed E-state index contributed by atoms with van der Waals surface area (Å²) in [5.74, 6) is 0.327. The van der Waals surface area contributed by atoms with Crippen LogP contribution in [0.3, 0.4) is 0 Å². The van der Waals surface area contributed by atoms with Gasteiger partial charge in [-0.15, -0.1) is 5.10 Å². The van der Waals surface area contributed by atoms with Crippen LogP contribution >= 0.6 is 0 Å². The first kappa shape index (κ1) is 22.7. The minimum atomic E-state index is -3.86. The van der Waals surface area contributed by atoms with Crippen LogP contribution in [0.4, 0.5) is 0 Å². The van der Waals surface area contributed by atoms with Crippen LogP contribution in [0.1, 0.15) is 31.9 Å². The number of methoxy groups -OCH3 is 1. The first-order valence-corrected chi connectivity index (χ1v) is 11.4. The molecule has 31 heavy (non-hydrogen) atoms. The number of fused-ring (bicyclic) bond motifs is 1. The van der Waals surface area contributed by atoms with Gasteiger partial charge in [0.25, 0.3) is 0 Å². The van der Waals surface area contributed by atoms with E-state index in [1.54, 1.807) is 30.0 Å². The van der Waals surface area contributed by atoms with E-state index in [0.29, 0.717) is 12.1 Å². The van der Waals surface area contributed by atoms with Crippen LogP contribution in [0.25, 0.3) is 11.0 Å². The molecule has 0 unspecified atom stereocenters. The van der Waals surface area contributed by atoms with Crippen LogP contribution in [0, 0.1) is 0 Å². The summed E-state index contributed by atoms with van der Waals surface area (Å²) in [5, 5.41) is 11.0. The molecule has 0 fully saturated rings. The number of hydrogen-bond donors (Lipinski definition) is 1. The molecule has 9 nitrogen and oxygen atoms in total. The van der Waals surface area contributed by atoms with E-state index < -0.39 is 15.9 Å². The molecule has 1 heterocycles. The number of amides is 1. The molecule has 3 rings (SSSR count). The zero-order valence-electron chi connectivity index (χ0n) is 18.1. The fraction of sp³-hybridized carbons (Fsp3) is 0.381. The Morgan fingerprint density at radius 1 is 1.23 bits per heavy atom. The number of ether oxygens (including phenoxy) is 1. The lowest BCUT2D eigenvalue weighted by Crippen LogP contribution is -2.38. The molecule has 3 aromatic rings. The summed E-state index contributed by atoms with van der Waals surface area (Å²) in [5.41, 5.74) is 2.15. The number of nitrogens with one attached hydrogen (secondary N) is 1. The summed E-state index contributed by atoms with van der Waals surface area (Å²) < 4.78 is 33.8. The van der Waals surface area contributed by atoms with E-state index in [9.17, 15) is 13.2 Å². The average molecular weight is 446 g/mol. The van der Waals surface area contributed by atoms with E-state index in [1.165, 1.54) is 19.2 Å². The van der Waals surface area contributed by atoms with Crippen molar-refractivity contribution in [2.24, 2.45) is 0 Å². The Labute approximate surface area is 182 Å². The van der Waals surface area contributed by atoms with Gasteiger partial charge >= 0.3 is 0 Å². The third-order valence-corrected chi connectivity index (χ3v) is 6.97. The number of rotatable bonds is 9. The number of sulfonamides is 1. The highest BCUT2D eigenvalue weighted by atomic mass is 32.2. The monoisotopic (exact) mass is 445 g/mol. The lowest BCUT2D eigenvalue weighted by atomic mass is 10.2. The number of hydrogen-bond acceptors (Lipinski definition) is 6. The molecule has 0 saturated heterocycles. The molecular formula is C21H27N5O4S. The molecule has 10 heteroatoms. The molecule has 1 amide bonds. The number of nitrogens with zero attached hydrogens (tertiary/aromatic N) is 4. The van der Waals surface area contributed by atoms with Crippen molar-refractivity contribution in [2.75, 3.05) is 20.7 Å². The van der Waals surface area contributed by atoms with Gasteiger partial charge in [-0.25, -0.2) is 13.1 Å². The smallest absolute Gasteiger partial charge is 0.243 e. The van der Waals surface area contributed by atoms with E-state index in [-0.39, 0.29) is 17.5 Å². The Morgan fingerprint density at radius 2 is 1.94 bits per heavy atom. The lowest BCUT2D eigenvalue weighted by Gasteiger charge is -2.17. The van der Waals surface area contributed by atoms with Crippen molar-refractivity contribution in [3.63, 3.8) is 0 Å². The van der Waals surface area contributed by atoms with E-state index in [1.807, 2.05) is 26.0 Å². The number of aromatic nitrogens is 3. The van der Waals surface area contributed by atoms with Crippen molar-refractivity contribution in [3.8, 4) is 5.75 Å². The van der Waals surface area contributed by atoms with E-state index in [2.05, 4.69) is 15.6 Å². The van der Waals surface area contributed by atoms with Gasteiger partial charge in [0.2, 0.25) is 15.9 Å². The molecule has 0 aliphatic rings. The molecule has 0 aliphatic heterocycles.